The Balaban J connectivity index is 2.98. The van der Waals surface area contributed by atoms with Crippen LogP contribution in [0.1, 0.15) is 46.1 Å². The zero-order chi connectivity index (χ0) is 16.0. The van der Waals surface area contributed by atoms with E-state index in [1.54, 1.807) is 30.4 Å². The lowest BCUT2D eigenvalue weighted by molar-refractivity contribution is -0.130. The highest BCUT2D eigenvalue weighted by Gasteiger charge is 2.21. The molecule has 0 N–H and O–H groups in total. The Morgan fingerprint density at radius 3 is 2.05 bits per heavy atom. The van der Waals surface area contributed by atoms with Crippen molar-refractivity contribution in [1.82, 2.24) is 4.90 Å². The highest BCUT2D eigenvalue weighted by atomic mass is 35.5. The Morgan fingerprint density at radius 2 is 1.62 bits per heavy atom. The van der Waals surface area contributed by atoms with Crippen LogP contribution < -0.4 is 0 Å². The summed E-state index contributed by atoms with van der Waals surface area (Å²) in [5.74, 6) is -0.00492. The summed E-state index contributed by atoms with van der Waals surface area (Å²) in [6, 6.07) is 5.73. The van der Waals surface area contributed by atoms with Gasteiger partial charge in [0.1, 0.15) is 0 Å². The molecule has 0 aliphatic carbocycles. The molecule has 4 heteroatoms. The van der Waals surface area contributed by atoms with Crippen LogP contribution >= 0.6 is 23.2 Å². The lowest BCUT2D eigenvalue weighted by atomic mass is 10.1. The minimum absolute atomic E-state index is 0.00492. The molecule has 0 saturated carbocycles. The third-order valence-electron chi connectivity index (χ3n) is 3.78. The molecule has 0 bridgehead atoms. The molecule has 1 aromatic rings. The van der Waals surface area contributed by atoms with Crippen molar-refractivity contribution in [1.29, 1.82) is 0 Å². The number of hydrogen-bond acceptors (Lipinski definition) is 1. The average molecular weight is 328 g/mol. The minimum Gasteiger partial charge on any atom is -0.334 e. The van der Waals surface area contributed by atoms with Gasteiger partial charge in [0.25, 0.3) is 0 Å². The molecule has 2 nitrogen and oxygen atoms in total. The van der Waals surface area contributed by atoms with Crippen LogP contribution in [0.15, 0.2) is 24.3 Å². The van der Waals surface area contributed by atoms with Crippen LogP contribution in [0.5, 0.6) is 0 Å². The molecule has 21 heavy (non-hydrogen) atoms. The van der Waals surface area contributed by atoms with Crippen molar-refractivity contribution in [2.45, 2.75) is 52.6 Å². The lowest BCUT2D eigenvalue weighted by Crippen LogP contribution is -2.43. The smallest absolute Gasteiger partial charge is 0.247 e. The number of benzene rings is 1. The summed E-state index contributed by atoms with van der Waals surface area (Å²) in [4.78, 5) is 14.4. The molecule has 0 saturated heterocycles. The van der Waals surface area contributed by atoms with E-state index in [1.165, 1.54) is 0 Å². The zero-order valence-electron chi connectivity index (χ0n) is 13.1. The van der Waals surface area contributed by atoms with Gasteiger partial charge >= 0.3 is 0 Å². The second kappa shape index (κ2) is 8.45. The number of rotatable bonds is 6. The van der Waals surface area contributed by atoms with Gasteiger partial charge in [0, 0.05) is 33.8 Å². The van der Waals surface area contributed by atoms with E-state index in [4.69, 9.17) is 23.2 Å². The van der Waals surface area contributed by atoms with Gasteiger partial charge in [0.2, 0.25) is 5.91 Å². The van der Waals surface area contributed by atoms with Crippen molar-refractivity contribution >= 4 is 35.2 Å². The number of nitrogens with zero attached hydrogens (tertiary/aromatic N) is 1. The predicted molar refractivity (Wildman–Crippen MR) is 91.8 cm³/mol. The van der Waals surface area contributed by atoms with E-state index in [2.05, 4.69) is 27.7 Å². The number of hydrogen-bond donors (Lipinski definition) is 0. The topological polar surface area (TPSA) is 20.3 Å². The molecule has 0 aromatic heterocycles. The SMILES string of the molecule is CCC(C)N(C(=O)C=Cc1c(Cl)cccc1Cl)C(C)CC. The quantitative estimate of drug-likeness (QED) is 0.637. The zero-order valence-corrected chi connectivity index (χ0v) is 14.6. The Labute approximate surface area is 137 Å². The standard InChI is InChI=1S/C17H23Cl2NO/c1-5-12(3)20(13(4)6-2)17(21)11-10-14-15(18)8-7-9-16(14)19/h7-13H,5-6H2,1-4H3. The van der Waals surface area contributed by atoms with Crippen LogP contribution in [-0.2, 0) is 4.79 Å². The predicted octanol–water partition coefficient (Wildman–Crippen LogP) is 5.43. The molecule has 0 aliphatic heterocycles. The van der Waals surface area contributed by atoms with Crippen molar-refractivity contribution in [3.63, 3.8) is 0 Å². The maximum Gasteiger partial charge on any atom is 0.247 e. The molecule has 1 aromatic carbocycles. The van der Waals surface area contributed by atoms with Crippen LogP contribution in [0.4, 0.5) is 0 Å². The largest absolute Gasteiger partial charge is 0.334 e. The maximum atomic E-state index is 12.5. The van der Waals surface area contributed by atoms with Gasteiger partial charge in [-0.05, 0) is 44.9 Å². The fourth-order valence-electron chi connectivity index (χ4n) is 2.17. The number of carbonyl (C=O) groups is 1. The summed E-state index contributed by atoms with van der Waals surface area (Å²) in [5, 5.41) is 1.09. The van der Waals surface area contributed by atoms with Crippen LogP contribution in [0.25, 0.3) is 6.08 Å². The second-order valence-corrected chi connectivity index (χ2v) is 6.04. The third kappa shape index (κ3) is 4.76. The number of carbonyl (C=O) groups excluding carboxylic acids is 1. The summed E-state index contributed by atoms with van der Waals surface area (Å²) in [5.41, 5.74) is 0.683. The van der Waals surface area contributed by atoms with Gasteiger partial charge in [0.15, 0.2) is 0 Å². The van der Waals surface area contributed by atoms with Gasteiger partial charge in [0.05, 0.1) is 0 Å². The Hall–Kier alpha value is -0.990. The highest BCUT2D eigenvalue weighted by Crippen LogP contribution is 2.25. The molecule has 0 aliphatic rings. The molecule has 0 heterocycles. The number of halogens is 2. The van der Waals surface area contributed by atoms with Gasteiger partial charge < -0.3 is 4.90 Å². The third-order valence-corrected chi connectivity index (χ3v) is 4.44. The fourth-order valence-corrected chi connectivity index (χ4v) is 2.70. The van der Waals surface area contributed by atoms with E-state index in [0.717, 1.165) is 12.8 Å². The summed E-state index contributed by atoms with van der Waals surface area (Å²) >= 11 is 12.2. The normalized spacial score (nSPS) is 14.2. The molecule has 1 rings (SSSR count). The van der Waals surface area contributed by atoms with Crippen LogP contribution in [0, 0.1) is 0 Å². The van der Waals surface area contributed by atoms with Gasteiger partial charge in [-0.25, -0.2) is 0 Å². The fraction of sp³-hybridized carbons (Fsp3) is 0.471. The van der Waals surface area contributed by atoms with Gasteiger partial charge in [-0.1, -0.05) is 43.1 Å². The first kappa shape index (κ1) is 18.1. The molecule has 0 radical (unpaired) electrons. The Kier molecular flexibility index (Phi) is 7.27. The monoisotopic (exact) mass is 327 g/mol. The van der Waals surface area contributed by atoms with E-state index in [0.29, 0.717) is 15.6 Å². The van der Waals surface area contributed by atoms with Crippen molar-refractivity contribution in [2.75, 3.05) is 0 Å². The van der Waals surface area contributed by atoms with Gasteiger partial charge in [-0.15, -0.1) is 0 Å². The van der Waals surface area contributed by atoms with Crippen LogP contribution in [-0.4, -0.2) is 22.9 Å². The molecule has 1 amide bonds. The minimum atomic E-state index is -0.00492. The van der Waals surface area contributed by atoms with E-state index in [1.807, 2.05) is 4.90 Å². The van der Waals surface area contributed by atoms with Gasteiger partial charge in [-0.2, -0.15) is 0 Å². The van der Waals surface area contributed by atoms with Crippen LogP contribution in [0.2, 0.25) is 10.0 Å². The molecule has 116 valence electrons. The molecular weight excluding hydrogens is 305 g/mol. The average Bonchev–Trinajstić information content (AvgIpc) is 2.46. The highest BCUT2D eigenvalue weighted by molar-refractivity contribution is 6.37. The number of amides is 1. The van der Waals surface area contributed by atoms with Crippen molar-refractivity contribution in [3.8, 4) is 0 Å². The molecule has 0 spiro atoms. The van der Waals surface area contributed by atoms with Crippen molar-refractivity contribution in [2.24, 2.45) is 0 Å². The molecular formula is C17H23Cl2NO. The van der Waals surface area contributed by atoms with E-state index in [9.17, 15) is 4.79 Å². The van der Waals surface area contributed by atoms with Crippen LogP contribution in [0.3, 0.4) is 0 Å². The summed E-state index contributed by atoms with van der Waals surface area (Å²) in [7, 11) is 0. The van der Waals surface area contributed by atoms with E-state index in [-0.39, 0.29) is 18.0 Å². The summed E-state index contributed by atoms with van der Waals surface area (Å²) < 4.78 is 0. The first-order chi connectivity index (χ1) is 9.92. The van der Waals surface area contributed by atoms with Crippen molar-refractivity contribution in [3.05, 3.63) is 39.9 Å². The Morgan fingerprint density at radius 1 is 1.14 bits per heavy atom. The van der Waals surface area contributed by atoms with Gasteiger partial charge in [-0.3, -0.25) is 4.79 Å². The molecule has 2 unspecified atom stereocenters. The lowest BCUT2D eigenvalue weighted by Gasteiger charge is -2.33. The molecule has 2 atom stereocenters. The maximum absolute atomic E-state index is 12.5. The summed E-state index contributed by atoms with van der Waals surface area (Å²) in [6.45, 7) is 8.31. The van der Waals surface area contributed by atoms with E-state index < -0.39 is 0 Å². The summed E-state index contributed by atoms with van der Waals surface area (Å²) in [6.07, 6.45) is 5.11. The second-order valence-electron chi connectivity index (χ2n) is 5.23. The first-order valence-electron chi connectivity index (χ1n) is 7.36. The molecule has 0 fully saturated rings. The first-order valence-corrected chi connectivity index (χ1v) is 8.12. The van der Waals surface area contributed by atoms with Crippen molar-refractivity contribution < 1.29 is 4.79 Å². The Bertz CT molecular complexity index is 483. The van der Waals surface area contributed by atoms with E-state index >= 15 is 0 Å².